The average Bonchev–Trinajstić information content (AvgIpc) is 3.24. The van der Waals surface area contributed by atoms with Gasteiger partial charge in [-0.1, -0.05) is 11.8 Å². The quantitative estimate of drug-likeness (QED) is 0.718. The van der Waals surface area contributed by atoms with Crippen LogP contribution in [0.3, 0.4) is 0 Å². The number of rotatable bonds is 5. The third-order valence-corrected chi connectivity index (χ3v) is 6.81. The fraction of sp³-hybridized carbons (Fsp3) is 0.500. The molecule has 1 amide bonds. The Labute approximate surface area is 144 Å². The number of hydrogen-bond acceptors (Lipinski definition) is 7. The molecule has 0 spiro atoms. The van der Waals surface area contributed by atoms with Crippen LogP contribution in [0.5, 0.6) is 0 Å². The molecule has 0 unspecified atom stereocenters. The van der Waals surface area contributed by atoms with Gasteiger partial charge in [0, 0.05) is 20.1 Å². The minimum absolute atomic E-state index is 0.0481. The summed E-state index contributed by atoms with van der Waals surface area (Å²) < 4.78 is 30.1. The average molecular weight is 370 g/mol. The van der Waals surface area contributed by atoms with Crippen molar-refractivity contribution in [2.24, 2.45) is 7.05 Å². The van der Waals surface area contributed by atoms with E-state index in [4.69, 9.17) is 4.42 Å². The Morgan fingerprint density at radius 2 is 2.29 bits per heavy atom. The van der Waals surface area contributed by atoms with E-state index >= 15 is 0 Å². The summed E-state index contributed by atoms with van der Waals surface area (Å²) in [6.45, 7) is 0. The summed E-state index contributed by atoms with van der Waals surface area (Å²) in [5.74, 6) is 1.45. The molecule has 3 heterocycles. The van der Waals surface area contributed by atoms with E-state index in [1.165, 1.54) is 16.7 Å². The Bertz CT molecular complexity index is 829. The standard InChI is InChI=1S/C14H18N4O4S2/c1-17(10-5-7-24(20,21)9-10)12(19)8-23-14-16-15-13(18(14)2)11-4-3-6-22-11/h3-4,6,10H,5,7-9H2,1-2H3/t10-/m1/s1. The lowest BCUT2D eigenvalue weighted by molar-refractivity contribution is -0.128. The van der Waals surface area contributed by atoms with Crippen molar-refractivity contribution in [2.75, 3.05) is 24.3 Å². The second-order valence-electron chi connectivity index (χ2n) is 5.69. The Morgan fingerprint density at radius 3 is 2.92 bits per heavy atom. The molecule has 0 saturated carbocycles. The second-order valence-corrected chi connectivity index (χ2v) is 8.86. The molecule has 0 aromatic carbocycles. The zero-order valence-corrected chi connectivity index (χ0v) is 15.0. The molecule has 10 heteroatoms. The highest BCUT2D eigenvalue weighted by Gasteiger charge is 2.32. The van der Waals surface area contributed by atoms with Gasteiger partial charge in [-0.05, 0) is 18.6 Å². The van der Waals surface area contributed by atoms with Crippen LogP contribution in [0.25, 0.3) is 11.6 Å². The highest BCUT2D eigenvalue weighted by Crippen LogP contribution is 2.24. The van der Waals surface area contributed by atoms with Crippen LogP contribution in [0.4, 0.5) is 0 Å². The molecule has 0 aliphatic carbocycles. The number of sulfone groups is 1. The van der Waals surface area contributed by atoms with Crippen LogP contribution in [0.15, 0.2) is 28.0 Å². The van der Waals surface area contributed by atoms with Crippen LogP contribution >= 0.6 is 11.8 Å². The molecule has 3 rings (SSSR count). The van der Waals surface area contributed by atoms with E-state index in [9.17, 15) is 13.2 Å². The van der Waals surface area contributed by atoms with E-state index in [0.717, 1.165) is 0 Å². The highest BCUT2D eigenvalue weighted by molar-refractivity contribution is 7.99. The topological polar surface area (TPSA) is 98.3 Å². The lowest BCUT2D eigenvalue weighted by atomic mass is 10.2. The summed E-state index contributed by atoms with van der Waals surface area (Å²) >= 11 is 1.27. The Morgan fingerprint density at radius 1 is 1.50 bits per heavy atom. The number of furan rings is 1. The number of carbonyl (C=O) groups excluding carboxylic acids is 1. The molecule has 130 valence electrons. The van der Waals surface area contributed by atoms with Gasteiger partial charge in [-0.25, -0.2) is 8.42 Å². The summed E-state index contributed by atoms with van der Waals surface area (Å²) in [4.78, 5) is 13.8. The summed E-state index contributed by atoms with van der Waals surface area (Å²) in [6.07, 6.45) is 2.06. The number of amides is 1. The predicted octanol–water partition coefficient (Wildman–Crippen LogP) is 0.813. The van der Waals surface area contributed by atoms with Crippen molar-refractivity contribution in [3.05, 3.63) is 18.4 Å². The van der Waals surface area contributed by atoms with Crippen LogP contribution in [0, 0.1) is 0 Å². The third kappa shape index (κ3) is 3.48. The van der Waals surface area contributed by atoms with Gasteiger partial charge in [0.1, 0.15) is 0 Å². The monoisotopic (exact) mass is 370 g/mol. The van der Waals surface area contributed by atoms with E-state index in [0.29, 0.717) is 23.2 Å². The van der Waals surface area contributed by atoms with Crippen LogP contribution in [-0.4, -0.2) is 64.3 Å². The Kier molecular flexibility index (Phi) is 4.68. The van der Waals surface area contributed by atoms with E-state index in [1.54, 1.807) is 37.1 Å². The van der Waals surface area contributed by atoms with Gasteiger partial charge in [-0.2, -0.15) is 0 Å². The minimum atomic E-state index is -3.01. The number of thioether (sulfide) groups is 1. The molecule has 24 heavy (non-hydrogen) atoms. The molecule has 8 nitrogen and oxygen atoms in total. The molecule has 1 aliphatic heterocycles. The molecule has 0 bridgehead atoms. The van der Waals surface area contributed by atoms with Crippen molar-refractivity contribution in [1.29, 1.82) is 0 Å². The maximum absolute atomic E-state index is 12.3. The molecule has 1 atom stereocenters. The molecular weight excluding hydrogens is 352 g/mol. The Hall–Kier alpha value is -1.81. The van der Waals surface area contributed by atoms with Gasteiger partial charge in [-0.15, -0.1) is 10.2 Å². The number of carbonyl (C=O) groups is 1. The van der Waals surface area contributed by atoms with Crippen molar-refractivity contribution in [3.63, 3.8) is 0 Å². The van der Waals surface area contributed by atoms with Gasteiger partial charge in [-0.3, -0.25) is 4.79 Å². The number of nitrogens with zero attached hydrogens (tertiary/aromatic N) is 4. The first-order chi connectivity index (χ1) is 11.4. The maximum atomic E-state index is 12.3. The molecule has 1 fully saturated rings. The zero-order chi connectivity index (χ0) is 17.3. The number of aromatic nitrogens is 3. The Balaban J connectivity index is 1.61. The van der Waals surface area contributed by atoms with Gasteiger partial charge >= 0.3 is 0 Å². The van der Waals surface area contributed by atoms with E-state index in [2.05, 4.69) is 10.2 Å². The van der Waals surface area contributed by atoms with Crippen molar-refractivity contribution >= 4 is 27.5 Å². The normalized spacial score (nSPS) is 19.5. The van der Waals surface area contributed by atoms with Crippen LogP contribution in [0.1, 0.15) is 6.42 Å². The first-order valence-corrected chi connectivity index (χ1v) is 10.2. The van der Waals surface area contributed by atoms with Crippen molar-refractivity contribution < 1.29 is 17.6 Å². The van der Waals surface area contributed by atoms with E-state index in [1.807, 2.05) is 0 Å². The van der Waals surface area contributed by atoms with Crippen molar-refractivity contribution in [1.82, 2.24) is 19.7 Å². The number of hydrogen-bond donors (Lipinski definition) is 0. The lowest BCUT2D eigenvalue weighted by Gasteiger charge is -2.23. The fourth-order valence-electron chi connectivity index (χ4n) is 2.57. The highest BCUT2D eigenvalue weighted by atomic mass is 32.2. The van der Waals surface area contributed by atoms with Crippen LogP contribution in [0.2, 0.25) is 0 Å². The molecule has 2 aromatic heterocycles. The van der Waals surface area contributed by atoms with Gasteiger partial charge in [0.25, 0.3) is 0 Å². The summed E-state index contributed by atoms with van der Waals surface area (Å²) in [6, 6.07) is 3.32. The van der Waals surface area contributed by atoms with Crippen molar-refractivity contribution in [3.8, 4) is 11.6 Å². The third-order valence-electron chi connectivity index (χ3n) is 4.05. The molecular formula is C14H18N4O4S2. The smallest absolute Gasteiger partial charge is 0.233 e. The molecule has 0 N–H and O–H groups in total. The van der Waals surface area contributed by atoms with E-state index in [-0.39, 0.29) is 29.2 Å². The summed E-state index contributed by atoms with van der Waals surface area (Å²) in [5, 5.41) is 8.74. The minimum Gasteiger partial charge on any atom is -0.461 e. The zero-order valence-electron chi connectivity index (χ0n) is 13.4. The molecule has 2 aromatic rings. The first kappa shape index (κ1) is 17.0. The molecule has 1 saturated heterocycles. The fourth-order valence-corrected chi connectivity index (χ4v) is 5.18. The van der Waals surface area contributed by atoms with E-state index < -0.39 is 9.84 Å². The second kappa shape index (κ2) is 6.60. The van der Waals surface area contributed by atoms with Gasteiger partial charge < -0.3 is 13.9 Å². The van der Waals surface area contributed by atoms with Crippen molar-refractivity contribution in [2.45, 2.75) is 17.6 Å². The largest absolute Gasteiger partial charge is 0.461 e. The maximum Gasteiger partial charge on any atom is 0.233 e. The predicted molar refractivity (Wildman–Crippen MR) is 89.3 cm³/mol. The molecule has 0 radical (unpaired) electrons. The summed E-state index contributed by atoms with van der Waals surface area (Å²) in [7, 11) is 0.448. The van der Waals surface area contributed by atoms with Crippen LogP contribution in [-0.2, 0) is 21.7 Å². The first-order valence-electron chi connectivity index (χ1n) is 7.39. The molecule has 1 aliphatic rings. The van der Waals surface area contributed by atoms with Gasteiger partial charge in [0.2, 0.25) is 5.91 Å². The van der Waals surface area contributed by atoms with Crippen LogP contribution < -0.4 is 0 Å². The SMILES string of the molecule is CN(C(=O)CSc1nnc(-c2ccco2)n1C)[C@@H]1CCS(=O)(=O)C1. The summed E-state index contributed by atoms with van der Waals surface area (Å²) in [5.41, 5.74) is 0. The lowest BCUT2D eigenvalue weighted by Crippen LogP contribution is -2.38. The van der Waals surface area contributed by atoms with Gasteiger partial charge in [0.15, 0.2) is 26.6 Å². The van der Waals surface area contributed by atoms with Gasteiger partial charge in [0.05, 0.1) is 23.5 Å².